The summed E-state index contributed by atoms with van der Waals surface area (Å²) < 4.78 is 15.1. The molecule has 3 heterocycles. The molecule has 0 bridgehead atoms. The Morgan fingerprint density at radius 3 is 2.73 bits per heavy atom. The molecule has 0 radical (unpaired) electrons. The lowest BCUT2D eigenvalue weighted by Crippen LogP contribution is -2.59. The zero-order valence-electron chi connectivity index (χ0n) is 17.9. The van der Waals surface area contributed by atoms with Crippen LogP contribution in [0.5, 0.6) is 0 Å². The van der Waals surface area contributed by atoms with Crippen molar-refractivity contribution in [3.8, 4) is 6.07 Å². The molecule has 0 aliphatic carbocycles. The van der Waals surface area contributed by atoms with E-state index in [1.54, 1.807) is 13.8 Å². The quantitative estimate of drug-likeness (QED) is 0.587. The Balaban J connectivity index is 1.73. The van der Waals surface area contributed by atoms with Crippen LogP contribution in [0.1, 0.15) is 40.5 Å². The monoisotopic (exact) mass is 420 g/mol. The molecule has 2 amide bonds. The fraction of sp³-hybridized carbons (Fsp3) is 0.762. The van der Waals surface area contributed by atoms with E-state index in [0.717, 1.165) is 18.5 Å². The molecule has 0 spiro atoms. The first-order valence-electron chi connectivity index (χ1n) is 10.7. The highest BCUT2D eigenvalue weighted by Crippen LogP contribution is 2.34. The van der Waals surface area contributed by atoms with Gasteiger partial charge in [0.05, 0.1) is 18.0 Å². The molecule has 6 unspecified atom stereocenters. The summed E-state index contributed by atoms with van der Waals surface area (Å²) in [4.78, 5) is 37.9. The number of amides is 2. The lowest BCUT2D eigenvalue weighted by atomic mass is 9.75. The van der Waals surface area contributed by atoms with E-state index in [4.69, 9.17) is 5.26 Å². The maximum absolute atomic E-state index is 14.5. The third kappa shape index (κ3) is 4.10. The number of hydrogen-bond acceptors (Lipinski definition) is 5. The van der Waals surface area contributed by atoms with E-state index in [0.29, 0.717) is 10.3 Å². The van der Waals surface area contributed by atoms with Gasteiger partial charge in [0.15, 0.2) is 6.17 Å². The number of hydrogen-bond donors (Lipinski definition) is 3. The molecule has 30 heavy (non-hydrogen) atoms. The Morgan fingerprint density at radius 1 is 1.40 bits per heavy atom. The lowest BCUT2D eigenvalue weighted by Gasteiger charge is -2.43. The smallest absolute Gasteiger partial charge is 0.251 e. The van der Waals surface area contributed by atoms with Gasteiger partial charge in [-0.3, -0.25) is 9.59 Å². The molecule has 8 nitrogen and oxygen atoms in total. The van der Waals surface area contributed by atoms with Crippen molar-refractivity contribution in [3.63, 3.8) is 0 Å². The van der Waals surface area contributed by atoms with Gasteiger partial charge < -0.3 is 16.0 Å². The third-order valence-electron chi connectivity index (χ3n) is 6.88. The molecular weight excluding hydrogens is 389 g/mol. The van der Waals surface area contributed by atoms with E-state index in [1.165, 1.54) is 0 Å². The molecular formula is C21H31FN5O3+. The number of carbonyl (C=O) groups is 2. The van der Waals surface area contributed by atoms with Crippen LogP contribution in [-0.2, 0) is 9.59 Å². The van der Waals surface area contributed by atoms with E-state index >= 15 is 0 Å². The van der Waals surface area contributed by atoms with Crippen LogP contribution in [0.4, 0.5) is 4.39 Å². The molecule has 8 atom stereocenters. The van der Waals surface area contributed by atoms with Crippen molar-refractivity contribution in [2.24, 2.45) is 17.8 Å². The molecule has 3 rings (SSSR count). The highest BCUT2D eigenvalue weighted by Gasteiger charge is 2.48. The van der Waals surface area contributed by atoms with Gasteiger partial charge in [-0.25, -0.2) is 4.39 Å². The number of fused-ring (bicyclic) bond motifs is 1. The molecule has 3 N–H and O–H groups in total. The first-order chi connectivity index (χ1) is 14.1. The second-order valence-corrected chi connectivity index (χ2v) is 8.92. The molecule has 0 aromatic heterocycles. The van der Waals surface area contributed by atoms with Crippen LogP contribution >= 0.6 is 0 Å². The van der Waals surface area contributed by atoms with Crippen molar-refractivity contribution in [2.45, 2.75) is 70.9 Å². The van der Waals surface area contributed by atoms with Crippen molar-refractivity contribution >= 4 is 11.8 Å². The number of nitroso groups, excluding NO2 is 1. The highest BCUT2D eigenvalue weighted by molar-refractivity contribution is 6.01. The van der Waals surface area contributed by atoms with Crippen molar-refractivity contribution in [1.82, 2.24) is 16.0 Å². The summed E-state index contributed by atoms with van der Waals surface area (Å²) in [5.74, 6) is -1.90. The maximum atomic E-state index is 14.5. The first-order valence-corrected chi connectivity index (χ1v) is 10.7. The van der Waals surface area contributed by atoms with Gasteiger partial charge in [0.2, 0.25) is 18.4 Å². The minimum Gasteiger partial charge on any atom is -0.349 e. The standard InChI is InChI=1S/C21H30FN5O3/c1-10-17(21(29)26-16-5-6-24-12(3)18(10)16)11(2)20(28)25-13(4)19-15(22)7-14(8-23)9-27(19)30/h11-16,18-19,24H,5-7,9H2,1-4H3,(H-,25,26,28,29)/p+1/t11-,12?,13-,14?,15?,16?,18?,19?/m1/s1. The van der Waals surface area contributed by atoms with Crippen LogP contribution in [0.3, 0.4) is 0 Å². The molecule has 0 aromatic rings. The van der Waals surface area contributed by atoms with Crippen molar-refractivity contribution in [1.29, 1.82) is 5.26 Å². The third-order valence-corrected chi connectivity index (χ3v) is 6.88. The van der Waals surface area contributed by atoms with Crippen LogP contribution in [0.2, 0.25) is 0 Å². The maximum Gasteiger partial charge on any atom is 0.251 e. The fourth-order valence-corrected chi connectivity index (χ4v) is 5.33. The molecule has 2 fully saturated rings. The normalized spacial score (nSPS) is 36.3. The summed E-state index contributed by atoms with van der Waals surface area (Å²) in [5.41, 5.74) is 1.35. The Labute approximate surface area is 176 Å². The van der Waals surface area contributed by atoms with Crippen molar-refractivity contribution < 1.29 is 18.7 Å². The van der Waals surface area contributed by atoms with Crippen molar-refractivity contribution in [3.05, 3.63) is 16.1 Å². The van der Waals surface area contributed by atoms with Crippen LogP contribution in [0.15, 0.2) is 11.1 Å². The number of rotatable bonds is 4. The predicted molar refractivity (Wildman–Crippen MR) is 108 cm³/mol. The Hall–Kier alpha value is -2.34. The van der Waals surface area contributed by atoms with Gasteiger partial charge in [-0.05, 0) is 40.7 Å². The largest absolute Gasteiger partial charge is 0.349 e. The Kier molecular flexibility index (Phi) is 6.56. The van der Waals surface area contributed by atoms with Crippen molar-refractivity contribution in [2.75, 3.05) is 13.1 Å². The fourth-order valence-electron chi connectivity index (χ4n) is 5.33. The summed E-state index contributed by atoms with van der Waals surface area (Å²) in [6, 6.07) is 0.386. The molecule has 9 heteroatoms. The summed E-state index contributed by atoms with van der Waals surface area (Å²) in [6.07, 6.45) is -0.678. The van der Waals surface area contributed by atoms with E-state index in [2.05, 4.69) is 22.9 Å². The number of nitrogens with one attached hydrogen (secondary N) is 3. The summed E-state index contributed by atoms with van der Waals surface area (Å²) in [6.45, 7) is 7.99. The van der Waals surface area contributed by atoms with E-state index < -0.39 is 36.0 Å². The zero-order valence-corrected chi connectivity index (χ0v) is 17.9. The summed E-state index contributed by atoms with van der Waals surface area (Å²) in [7, 11) is 0. The number of piperidine rings is 2. The molecule has 3 aliphatic heterocycles. The van der Waals surface area contributed by atoms with E-state index in [9.17, 15) is 18.9 Å². The summed E-state index contributed by atoms with van der Waals surface area (Å²) in [5, 5.41) is 18.2. The molecule has 0 saturated carbocycles. The number of alkyl halides is 1. The molecule has 3 aliphatic rings. The second-order valence-electron chi connectivity index (χ2n) is 8.92. The number of nitriles is 1. The van der Waals surface area contributed by atoms with Crippen LogP contribution < -0.4 is 16.0 Å². The lowest BCUT2D eigenvalue weighted by molar-refractivity contribution is -0.610. The van der Waals surface area contributed by atoms with E-state index in [-0.39, 0.29) is 36.9 Å². The predicted octanol–water partition coefficient (Wildman–Crippen LogP) is 0.969. The number of carbonyl (C=O) groups excluding carboxylic acids is 2. The molecule has 2 saturated heterocycles. The molecule has 164 valence electrons. The van der Waals surface area contributed by atoms with Gasteiger partial charge in [-0.2, -0.15) is 5.26 Å². The minimum absolute atomic E-state index is 0.0176. The average molecular weight is 421 g/mol. The average Bonchev–Trinajstić information content (AvgIpc) is 2.66. The Bertz CT molecular complexity index is 807. The molecule has 0 aromatic carbocycles. The second kappa shape index (κ2) is 8.80. The summed E-state index contributed by atoms with van der Waals surface area (Å²) >= 11 is 0. The van der Waals surface area contributed by atoms with Crippen LogP contribution in [-0.4, -0.2) is 60.0 Å². The SMILES string of the molecule is CC1=C([C@@H](C)C(=O)N[C@H](C)C2C(F)CC(C#N)C[N+]2=O)C(=O)NC2CCNC(C)C12. The van der Waals surface area contributed by atoms with Crippen LogP contribution in [0, 0.1) is 34.0 Å². The van der Waals surface area contributed by atoms with Gasteiger partial charge in [0, 0.05) is 39.7 Å². The topological polar surface area (TPSA) is 114 Å². The van der Waals surface area contributed by atoms with Gasteiger partial charge in [0.25, 0.3) is 6.04 Å². The van der Waals surface area contributed by atoms with E-state index in [1.807, 2.05) is 13.0 Å². The highest BCUT2D eigenvalue weighted by atomic mass is 19.1. The first kappa shape index (κ1) is 22.3. The Morgan fingerprint density at radius 2 is 2.10 bits per heavy atom. The number of halogens is 1. The van der Waals surface area contributed by atoms with Gasteiger partial charge in [0.1, 0.15) is 5.92 Å². The number of nitrogens with zero attached hydrogens (tertiary/aromatic N) is 2. The van der Waals surface area contributed by atoms with Gasteiger partial charge >= 0.3 is 0 Å². The minimum atomic E-state index is -1.50. The van der Waals surface area contributed by atoms with Gasteiger partial charge in [-0.15, -0.1) is 0 Å². The van der Waals surface area contributed by atoms with Gasteiger partial charge in [-0.1, -0.05) is 5.57 Å². The van der Waals surface area contributed by atoms with Crippen LogP contribution in [0.25, 0.3) is 0 Å². The zero-order chi connectivity index (χ0) is 22.2.